The molecule has 0 fully saturated rings. The molecule has 1 aromatic carbocycles. The van der Waals surface area contributed by atoms with Crippen molar-refractivity contribution in [3.63, 3.8) is 0 Å². The predicted octanol–water partition coefficient (Wildman–Crippen LogP) is 1.67. The SMILES string of the molecule is N#Cc1ccc(N[C@H](CO)C(=O)O)c(I)c1Cl. The van der Waals surface area contributed by atoms with Gasteiger partial charge in [0, 0.05) is 5.69 Å². The number of halogens is 2. The number of carboxylic acids is 1. The van der Waals surface area contributed by atoms with Crippen LogP contribution in [0.25, 0.3) is 0 Å². The van der Waals surface area contributed by atoms with Crippen LogP contribution >= 0.6 is 34.2 Å². The molecule has 0 unspecified atom stereocenters. The Morgan fingerprint density at radius 1 is 1.65 bits per heavy atom. The molecule has 0 saturated heterocycles. The molecule has 0 heterocycles. The molecule has 17 heavy (non-hydrogen) atoms. The third-order valence-corrected chi connectivity index (χ3v) is 3.85. The van der Waals surface area contributed by atoms with Crippen molar-refractivity contribution in [2.75, 3.05) is 11.9 Å². The van der Waals surface area contributed by atoms with E-state index in [2.05, 4.69) is 5.32 Å². The zero-order valence-corrected chi connectivity index (χ0v) is 11.4. The van der Waals surface area contributed by atoms with Gasteiger partial charge in [-0.3, -0.25) is 0 Å². The van der Waals surface area contributed by atoms with E-state index in [0.29, 0.717) is 14.8 Å². The molecule has 7 heteroatoms. The summed E-state index contributed by atoms with van der Waals surface area (Å²) in [5.74, 6) is -1.16. The molecule has 0 spiro atoms. The fourth-order valence-electron chi connectivity index (χ4n) is 1.12. The van der Waals surface area contributed by atoms with Crippen LogP contribution < -0.4 is 5.32 Å². The summed E-state index contributed by atoms with van der Waals surface area (Å²) in [5, 5.41) is 29.3. The minimum absolute atomic E-state index is 0.264. The van der Waals surface area contributed by atoms with Crippen molar-refractivity contribution in [3.05, 3.63) is 26.3 Å². The number of carboxylic acid groups (broad SMARTS) is 1. The average Bonchev–Trinajstić information content (AvgIpc) is 2.30. The number of rotatable bonds is 4. The summed E-state index contributed by atoms with van der Waals surface area (Å²) in [4.78, 5) is 10.7. The lowest BCUT2D eigenvalue weighted by atomic mass is 10.2. The standard InChI is InChI=1S/C10H8ClIN2O3/c11-8-5(3-13)1-2-6(9(8)12)14-7(4-15)10(16)17/h1-2,7,14-15H,4H2,(H,16,17)/t7-/m1/s1. The molecular formula is C10H8ClIN2O3. The number of hydrogen-bond donors (Lipinski definition) is 3. The summed E-state index contributed by atoms with van der Waals surface area (Å²) in [6, 6.07) is 3.86. The van der Waals surface area contributed by atoms with Crippen LogP contribution in [0.1, 0.15) is 5.56 Å². The van der Waals surface area contributed by atoms with Crippen molar-refractivity contribution in [3.8, 4) is 6.07 Å². The fraction of sp³-hybridized carbons (Fsp3) is 0.200. The predicted molar refractivity (Wildman–Crippen MR) is 71.0 cm³/mol. The van der Waals surface area contributed by atoms with Gasteiger partial charge in [0.15, 0.2) is 0 Å². The van der Waals surface area contributed by atoms with Gasteiger partial charge in [-0.05, 0) is 34.7 Å². The second-order valence-electron chi connectivity index (χ2n) is 3.12. The quantitative estimate of drug-likeness (QED) is 0.705. The monoisotopic (exact) mass is 366 g/mol. The molecular weight excluding hydrogens is 358 g/mol. The van der Waals surface area contributed by atoms with Crippen LogP contribution in [0.15, 0.2) is 12.1 Å². The van der Waals surface area contributed by atoms with Crippen LogP contribution in [0.3, 0.4) is 0 Å². The van der Waals surface area contributed by atoms with Crippen molar-refractivity contribution >= 4 is 45.8 Å². The van der Waals surface area contributed by atoms with Crippen molar-refractivity contribution < 1.29 is 15.0 Å². The van der Waals surface area contributed by atoms with Crippen molar-refractivity contribution in [2.24, 2.45) is 0 Å². The maximum Gasteiger partial charge on any atom is 0.328 e. The summed E-state index contributed by atoms with van der Waals surface area (Å²) in [6.45, 7) is -0.539. The summed E-state index contributed by atoms with van der Waals surface area (Å²) in [6.07, 6.45) is 0. The first kappa shape index (κ1) is 14.0. The van der Waals surface area contributed by atoms with E-state index in [1.807, 2.05) is 28.7 Å². The molecule has 90 valence electrons. The molecule has 0 saturated carbocycles. The molecule has 0 aliphatic rings. The van der Waals surface area contributed by atoms with E-state index in [1.54, 1.807) is 6.07 Å². The van der Waals surface area contributed by atoms with E-state index in [-0.39, 0.29) is 5.02 Å². The molecule has 5 nitrogen and oxygen atoms in total. The maximum absolute atomic E-state index is 10.7. The molecule has 0 aliphatic carbocycles. The minimum Gasteiger partial charge on any atom is -0.480 e. The van der Waals surface area contributed by atoms with Gasteiger partial charge >= 0.3 is 5.97 Å². The van der Waals surface area contributed by atoms with Crippen LogP contribution in [-0.4, -0.2) is 28.8 Å². The van der Waals surface area contributed by atoms with Crippen LogP contribution in [0.5, 0.6) is 0 Å². The molecule has 3 N–H and O–H groups in total. The first-order chi connectivity index (χ1) is 8.01. The minimum atomic E-state index is -1.16. The van der Waals surface area contributed by atoms with Crippen molar-refractivity contribution in [2.45, 2.75) is 6.04 Å². The number of aliphatic hydroxyl groups excluding tert-OH is 1. The van der Waals surface area contributed by atoms with Crippen molar-refractivity contribution in [1.82, 2.24) is 0 Å². The molecule has 1 aromatic rings. The van der Waals surface area contributed by atoms with Gasteiger partial charge in [0.05, 0.1) is 20.8 Å². The largest absolute Gasteiger partial charge is 0.480 e. The van der Waals surface area contributed by atoms with E-state index >= 15 is 0 Å². The van der Waals surface area contributed by atoms with Crippen molar-refractivity contribution in [1.29, 1.82) is 5.26 Å². The lowest BCUT2D eigenvalue weighted by Gasteiger charge is -2.15. The van der Waals surface area contributed by atoms with E-state index in [1.165, 1.54) is 6.07 Å². The van der Waals surface area contributed by atoms with Gasteiger partial charge in [-0.2, -0.15) is 5.26 Å². The molecule has 0 aliphatic heterocycles. The molecule has 0 aromatic heterocycles. The van der Waals surface area contributed by atoms with Gasteiger partial charge in [-0.25, -0.2) is 4.79 Å². The van der Waals surface area contributed by atoms with Gasteiger partial charge in [0.25, 0.3) is 0 Å². The topological polar surface area (TPSA) is 93.4 Å². The highest BCUT2D eigenvalue weighted by molar-refractivity contribution is 14.1. The highest BCUT2D eigenvalue weighted by Crippen LogP contribution is 2.29. The maximum atomic E-state index is 10.7. The number of nitrogens with zero attached hydrogens (tertiary/aromatic N) is 1. The number of nitriles is 1. The number of benzene rings is 1. The third-order valence-electron chi connectivity index (χ3n) is 2.01. The van der Waals surface area contributed by atoms with E-state index in [4.69, 9.17) is 27.1 Å². The Morgan fingerprint density at radius 3 is 2.76 bits per heavy atom. The zero-order valence-electron chi connectivity index (χ0n) is 8.44. The fourth-order valence-corrected chi connectivity index (χ4v) is 1.95. The summed E-state index contributed by atoms with van der Waals surface area (Å²) in [5.41, 5.74) is 0.786. The Morgan fingerprint density at radius 2 is 2.29 bits per heavy atom. The second-order valence-corrected chi connectivity index (χ2v) is 4.57. The third kappa shape index (κ3) is 3.21. The summed E-state index contributed by atoms with van der Waals surface area (Å²) in [7, 11) is 0. The second kappa shape index (κ2) is 6.05. The van der Waals surface area contributed by atoms with Crippen LogP contribution in [-0.2, 0) is 4.79 Å². The van der Waals surface area contributed by atoms with E-state index < -0.39 is 18.6 Å². The Balaban J connectivity index is 3.05. The van der Waals surface area contributed by atoms with Gasteiger partial charge in [-0.15, -0.1) is 0 Å². The van der Waals surface area contributed by atoms with Gasteiger partial charge < -0.3 is 15.5 Å². The number of carbonyl (C=O) groups is 1. The number of hydrogen-bond acceptors (Lipinski definition) is 4. The Labute approximate surface area is 116 Å². The van der Waals surface area contributed by atoms with Gasteiger partial charge in [-0.1, -0.05) is 11.6 Å². The summed E-state index contributed by atoms with van der Waals surface area (Å²) >= 11 is 7.83. The number of aliphatic carboxylic acids is 1. The average molecular weight is 367 g/mol. The molecule has 0 bridgehead atoms. The van der Waals surface area contributed by atoms with Crippen LogP contribution in [0.2, 0.25) is 5.02 Å². The number of nitrogens with one attached hydrogen (secondary N) is 1. The van der Waals surface area contributed by atoms with Gasteiger partial charge in [0.1, 0.15) is 12.1 Å². The molecule has 1 atom stereocenters. The lowest BCUT2D eigenvalue weighted by Crippen LogP contribution is -2.33. The molecule has 0 amide bonds. The first-order valence-corrected chi connectivity index (χ1v) is 5.95. The van der Waals surface area contributed by atoms with E-state index in [0.717, 1.165) is 0 Å². The van der Waals surface area contributed by atoms with Gasteiger partial charge in [0.2, 0.25) is 0 Å². The Bertz CT molecular complexity index is 487. The Kier molecular flexibility index (Phi) is 4.99. The lowest BCUT2D eigenvalue weighted by molar-refractivity contribution is -0.138. The normalized spacial score (nSPS) is 11.6. The van der Waals surface area contributed by atoms with Crippen LogP contribution in [0.4, 0.5) is 5.69 Å². The molecule has 0 radical (unpaired) electrons. The highest BCUT2D eigenvalue weighted by atomic mass is 127. The van der Waals surface area contributed by atoms with Crippen LogP contribution in [0, 0.1) is 14.9 Å². The number of aliphatic hydroxyl groups is 1. The number of anilines is 1. The summed E-state index contributed by atoms with van der Waals surface area (Å²) < 4.78 is 0.544. The smallest absolute Gasteiger partial charge is 0.328 e. The first-order valence-electron chi connectivity index (χ1n) is 4.49. The van der Waals surface area contributed by atoms with E-state index in [9.17, 15) is 4.79 Å². The molecule has 1 rings (SSSR count). The Hall–Kier alpha value is -1.04. The zero-order chi connectivity index (χ0) is 13.0. The highest BCUT2D eigenvalue weighted by Gasteiger charge is 2.18.